The molecule has 8 heteroatoms. The number of nitro benzene ring substituents is 1. The lowest BCUT2D eigenvalue weighted by Gasteiger charge is -2.07. The van der Waals surface area contributed by atoms with Crippen LogP contribution in [-0.4, -0.2) is 16.5 Å². The van der Waals surface area contributed by atoms with E-state index >= 15 is 0 Å². The number of hydrogen-bond acceptors (Lipinski definition) is 3. The van der Waals surface area contributed by atoms with Crippen molar-refractivity contribution in [3.05, 3.63) is 39.6 Å². The third-order valence-corrected chi connectivity index (χ3v) is 2.78. The molecule has 0 atom stereocenters. The van der Waals surface area contributed by atoms with Gasteiger partial charge in [0.15, 0.2) is 0 Å². The Labute approximate surface area is 105 Å². The van der Waals surface area contributed by atoms with Crippen LogP contribution in [0.2, 0.25) is 0 Å². The normalized spacial score (nSPS) is 12.0. The van der Waals surface area contributed by atoms with Gasteiger partial charge in [0.05, 0.1) is 4.92 Å². The number of non-ortho nitro benzene ring substituents is 1. The number of H-pyrrole nitrogens is 1. The average molecular weight is 273 g/mol. The summed E-state index contributed by atoms with van der Waals surface area (Å²) in [5.74, 6) is 0. The van der Waals surface area contributed by atoms with Crippen molar-refractivity contribution in [1.29, 1.82) is 0 Å². The maximum absolute atomic E-state index is 12.9. The van der Waals surface area contributed by atoms with Gasteiger partial charge in [-0.3, -0.25) is 10.1 Å². The van der Waals surface area contributed by atoms with Crippen molar-refractivity contribution >= 4 is 16.6 Å². The summed E-state index contributed by atoms with van der Waals surface area (Å²) in [7, 11) is 0. The first-order valence-corrected chi connectivity index (χ1v) is 5.41. The molecule has 0 spiro atoms. The predicted octanol–water partition coefficient (Wildman–Crippen LogP) is 2.60. The van der Waals surface area contributed by atoms with Crippen LogP contribution in [0.4, 0.5) is 18.9 Å². The topological polar surface area (TPSA) is 85.0 Å². The number of fused-ring (bicyclic) bond motifs is 1. The quantitative estimate of drug-likeness (QED) is 0.665. The van der Waals surface area contributed by atoms with Crippen molar-refractivity contribution in [3.63, 3.8) is 0 Å². The molecule has 0 fully saturated rings. The van der Waals surface area contributed by atoms with Gasteiger partial charge in [0.2, 0.25) is 0 Å². The molecule has 1 aromatic carbocycles. The molecule has 0 unspecified atom stereocenters. The monoisotopic (exact) mass is 273 g/mol. The molecule has 0 bridgehead atoms. The third kappa shape index (κ3) is 2.39. The second-order valence-corrected chi connectivity index (χ2v) is 4.00. The number of benzene rings is 1. The Balaban J connectivity index is 2.71. The van der Waals surface area contributed by atoms with E-state index in [9.17, 15) is 23.3 Å². The van der Waals surface area contributed by atoms with Crippen LogP contribution in [0.15, 0.2) is 18.2 Å². The zero-order valence-corrected chi connectivity index (χ0v) is 9.62. The van der Waals surface area contributed by atoms with E-state index in [-0.39, 0.29) is 35.1 Å². The minimum Gasteiger partial charge on any atom is -0.351 e. The molecule has 2 aromatic rings. The molecule has 102 valence electrons. The molecule has 3 N–H and O–H groups in total. The molecule has 0 aliphatic rings. The fraction of sp³-hybridized carbons (Fsp3) is 0.273. The number of hydrogen-bond donors (Lipinski definition) is 2. The van der Waals surface area contributed by atoms with Crippen molar-refractivity contribution in [2.24, 2.45) is 5.73 Å². The number of nitrogens with one attached hydrogen (secondary N) is 1. The molecule has 0 aliphatic carbocycles. The van der Waals surface area contributed by atoms with Gasteiger partial charge in [0.25, 0.3) is 5.69 Å². The number of alkyl halides is 3. The van der Waals surface area contributed by atoms with E-state index in [1.165, 1.54) is 6.07 Å². The molecule has 1 heterocycles. The summed E-state index contributed by atoms with van der Waals surface area (Å²) in [5, 5.41) is 10.9. The lowest BCUT2D eigenvalue weighted by atomic mass is 10.1. The van der Waals surface area contributed by atoms with E-state index in [0.717, 1.165) is 12.1 Å². The largest absolute Gasteiger partial charge is 0.431 e. The Kier molecular flexibility index (Phi) is 3.19. The zero-order chi connectivity index (χ0) is 14.2. The lowest BCUT2D eigenvalue weighted by Crippen LogP contribution is -2.11. The highest BCUT2D eigenvalue weighted by molar-refractivity contribution is 5.87. The van der Waals surface area contributed by atoms with Crippen molar-refractivity contribution < 1.29 is 18.1 Å². The van der Waals surface area contributed by atoms with Gasteiger partial charge in [-0.2, -0.15) is 13.2 Å². The van der Waals surface area contributed by atoms with E-state index in [2.05, 4.69) is 4.98 Å². The molecule has 1 aromatic heterocycles. The van der Waals surface area contributed by atoms with E-state index in [4.69, 9.17) is 5.73 Å². The average Bonchev–Trinajstić information content (AvgIpc) is 2.68. The van der Waals surface area contributed by atoms with Crippen molar-refractivity contribution in [1.82, 2.24) is 4.98 Å². The van der Waals surface area contributed by atoms with Crippen LogP contribution in [0.1, 0.15) is 11.3 Å². The van der Waals surface area contributed by atoms with Crippen LogP contribution in [-0.2, 0) is 12.6 Å². The summed E-state index contributed by atoms with van der Waals surface area (Å²) in [5.41, 5.74) is 4.34. The van der Waals surface area contributed by atoms with Crippen molar-refractivity contribution in [2.75, 3.05) is 6.54 Å². The maximum atomic E-state index is 12.9. The lowest BCUT2D eigenvalue weighted by molar-refractivity contribution is -0.384. The Hall–Kier alpha value is -2.09. The highest BCUT2D eigenvalue weighted by Crippen LogP contribution is 2.36. The molecule has 0 amide bonds. The van der Waals surface area contributed by atoms with E-state index in [1.54, 1.807) is 0 Å². The van der Waals surface area contributed by atoms with E-state index in [1.807, 2.05) is 0 Å². The highest BCUT2D eigenvalue weighted by atomic mass is 19.4. The minimum atomic E-state index is -4.54. The maximum Gasteiger partial charge on any atom is 0.431 e. The number of halogens is 3. The van der Waals surface area contributed by atoms with E-state index in [0.29, 0.717) is 0 Å². The molecule has 2 rings (SSSR count). The van der Waals surface area contributed by atoms with Crippen LogP contribution in [0.5, 0.6) is 0 Å². The van der Waals surface area contributed by atoms with Crippen molar-refractivity contribution in [3.8, 4) is 0 Å². The van der Waals surface area contributed by atoms with Crippen LogP contribution in [0, 0.1) is 10.1 Å². The summed E-state index contributed by atoms with van der Waals surface area (Å²) in [4.78, 5) is 12.3. The first-order chi connectivity index (χ1) is 8.84. The van der Waals surface area contributed by atoms with E-state index < -0.39 is 16.8 Å². The predicted molar refractivity (Wildman–Crippen MR) is 62.7 cm³/mol. The first kappa shape index (κ1) is 13.3. The number of aromatic amines is 1. The van der Waals surface area contributed by atoms with Gasteiger partial charge in [-0.25, -0.2) is 0 Å². The Morgan fingerprint density at radius 1 is 1.37 bits per heavy atom. The third-order valence-electron chi connectivity index (χ3n) is 2.78. The Morgan fingerprint density at radius 2 is 2.05 bits per heavy atom. The van der Waals surface area contributed by atoms with Crippen molar-refractivity contribution in [2.45, 2.75) is 12.6 Å². The van der Waals surface area contributed by atoms with Gasteiger partial charge in [0.1, 0.15) is 5.69 Å². The first-order valence-electron chi connectivity index (χ1n) is 5.41. The SMILES string of the molecule is NCCc1c(C(F)(F)F)[nH]c2ccc([N+](=O)[O-])cc12. The second-order valence-electron chi connectivity index (χ2n) is 4.00. The smallest absolute Gasteiger partial charge is 0.351 e. The van der Waals surface area contributed by atoms with Gasteiger partial charge in [-0.15, -0.1) is 0 Å². The Bertz CT molecular complexity index is 634. The number of nitrogens with zero attached hydrogens (tertiary/aromatic N) is 1. The molecule has 5 nitrogen and oxygen atoms in total. The van der Waals surface area contributed by atoms with Crippen LogP contribution in [0.25, 0.3) is 10.9 Å². The van der Waals surface area contributed by atoms with Crippen LogP contribution >= 0.6 is 0 Å². The van der Waals surface area contributed by atoms with Gasteiger partial charge < -0.3 is 10.7 Å². The van der Waals surface area contributed by atoms with Gasteiger partial charge >= 0.3 is 6.18 Å². The highest BCUT2D eigenvalue weighted by Gasteiger charge is 2.36. The summed E-state index contributed by atoms with van der Waals surface area (Å²) in [6.45, 7) is 0.0265. The molecule has 0 saturated heterocycles. The van der Waals surface area contributed by atoms with Gasteiger partial charge in [-0.05, 0) is 24.6 Å². The molecule has 0 radical (unpaired) electrons. The number of nitro groups is 1. The number of rotatable bonds is 3. The fourth-order valence-corrected chi connectivity index (χ4v) is 2.00. The van der Waals surface area contributed by atoms with Crippen LogP contribution in [0.3, 0.4) is 0 Å². The summed E-state index contributed by atoms with van der Waals surface area (Å²) < 4.78 is 38.6. The number of nitrogens with two attached hydrogens (primary N) is 1. The zero-order valence-electron chi connectivity index (χ0n) is 9.62. The molecule has 0 saturated carbocycles. The summed E-state index contributed by atoms with van der Waals surface area (Å²) >= 11 is 0. The minimum absolute atomic E-state index is 0.00396. The van der Waals surface area contributed by atoms with Crippen LogP contribution < -0.4 is 5.73 Å². The summed E-state index contributed by atoms with van der Waals surface area (Å²) in [6, 6.07) is 3.56. The number of aromatic nitrogens is 1. The fourth-order valence-electron chi connectivity index (χ4n) is 2.00. The molecular formula is C11H10F3N3O2. The van der Waals surface area contributed by atoms with Gasteiger partial charge in [-0.1, -0.05) is 0 Å². The standard InChI is InChI=1S/C11H10F3N3O2/c12-11(13,14)10-7(3-4-15)8-5-6(17(18)19)1-2-9(8)16-10/h1-2,5,16H,3-4,15H2. The molecule has 19 heavy (non-hydrogen) atoms. The Morgan fingerprint density at radius 3 is 2.58 bits per heavy atom. The summed E-state index contributed by atoms with van der Waals surface area (Å²) in [6.07, 6.45) is -4.55. The molecular weight excluding hydrogens is 263 g/mol. The molecule has 0 aliphatic heterocycles. The van der Waals surface area contributed by atoms with Gasteiger partial charge in [0, 0.05) is 23.0 Å². The second kappa shape index (κ2) is 4.54.